The lowest BCUT2D eigenvalue weighted by Gasteiger charge is -2.19. The second-order valence-corrected chi connectivity index (χ2v) is 6.95. The zero-order chi connectivity index (χ0) is 19.9. The van der Waals surface area contributed by atoms with Crippen molar-refractivity contribution in [2.24, 2.45) is 5.92 Å². The van der Waals surface area contributed by atoms with Gasteiger partial charge in [0.2, 0.25) is 0 Å². The molecule has 6 heteroatoms. The third kappa shape index (κ3) is 5.03. The van der Waals surface area contributed by atoms with E-state index in [4.69, 9.17) is 4.74 Å². The molecule has 3 N–H and O–H groups in total. The van der Waals surface area contributed by atoms with Crippen LogP contribution < -0.4 is 10.1 Å². The van der Waals surface area contributed by atoms with Gasteiger partial charge in [-0.25, -0.2) is 4.98 Å². The number of anilines is 1. The molecule has 0 spiro atoms. The summed E-state index contributed by atoms with van der Waals surface area (Å²) in [6.07, 6.45) is 4.38. The SMILES string of the molecule is CCCC(Cc1cc2cc(OC(CC)Nc3ccccn3)ccc2[nH]1)C(=O)O. The van der Waals surface area contributed by atoms with Gasteiger partial charge in [0.1, 0.15) is 11.6 Å². The average molecular weight is 381 g/mol. The van der Waals surface area contributed by atoms with Crippen molar-refractivity contribution in [1.82, 2.24) is 9.97 Å². The Hall–Kier alpha value is -3.02. The molecule has 6 nitrogen and oxygen atoms in total. The number of hydrogen-bond acceptors (Lipinski definition) is 4. The number of H-pyrrole nitrogens is 1. The molecule has 0 saturated carbocycles. The van der Waals surface area contributed by atoms with Crippen molar-refractivity contribution in [2.75, 3.05) is 5.32 Å². The molecule has 0 aliphatic rings. The Bertz CT molecular complexity index is 908. The van der Waals surface area contributed by atoms with Crippen LogP contribution in [0.4, 0.5) is 5.82 Å². The third-order valence-electron chi connectivity index (χ3n) is 4.72. The number of carbonyl (C=O) groups is 1. The molecule has 0 saturated heterocycles. The number of carboxylic acid groups (broad SMARTS) is 1. The van der Waals surface area contributed by atoms with Gasteiger partial charge >= 0.3 is 5.97 Å². The van der Waals surface area contributed by atoms with Gasteiger partial charge in [-0.15, -0.1) is 0 Å². The highest BCUT2D eigenvalue weighted by atomic mass is 16.5. The summed E-state index contributed by atoms with van der Waals surface area (Å²) in [4.78, 5) is 19.0. The molecule has 148 valence electrons. The number of nitrogens with zero attached hydrogens (tertiary/aromatic N) is 1. The van der Waals surface area contributed by atoms with Crippen LogP contribution in [-0.2, 0) is 11.2 Å². The van der Waals surface area contributed by atoms with Gasteiger partial charge in [0.25, 0.3) is 0 Å². The van der Waals surface area contributed by atoms with Crippen LogP contribution in [0.2, 0.25) is 0 Å². The summed E-state index contributed by atoms with van der Waals surface area (Å²) in [5.74, 6) is 0.434. The molecule has 3 aromatic rings. The molecule has 2 heterocycles. The van der Waals surface area contributed by atoms with Gasteiger partial charge in [0.15, 0.2) is 6.23 Å². The highest BCUT2D eigenvalue weighted by molar-refractivity contribution is 5.82. The van der Waals surface area contributed by atoms with E-state index in [-0.39, 0.29) is 12.1 Å². The molecular formula is C22H27N3O3. The Morgan fingerprint density at radius 1 is 1.25 bits per heavy atom. The fourth-order valence-electron chi connectivity index (χ4n) is 3.27. The molecule has 1 aromatic carbocycles. The minimum atomic E-state index is -0.740. The zero-order valence-corrected chi connectivity index (χ0v) is 16.3. The van der Waals surface area contributed by atoms with E-state index in [1.165, 1.54) is 0 Å². The van der Waals surface area contributed by atoms with Gasteiger partial charge in [-0.05, 0) is 42.8 Å². The fourth-order valence-corrected chi connectivity index (χ4v) is 3.27. The third-order valence-corrected chi connectivity index (χ3v) is 4.72. The lowest BCUT2D eigenvalue weighted by Crippen LogP contribution is -2.25. The first-order valence-corrected chi connectivity index (χ1v) is 9.77. The highest BCUT2D eigenvalue weighted by Crippen LogP contribution is 2.25. The minimum absolute atomic E-state index is 0.188. The van der Waals surface area contributed by atoms with E-state index in [1.807, 2.05) is 56.3 Å². The van der Waals surface area contributed by atoms with Gasteiger partial charge in [-0.1, -0.05) is 26.3 Å². The summed E-state index contributed by atoms with van der Waals surface area (Å²) in [5.41, 5.74) is 1.92. The molecule has 0 amide bonds. The monoisotopic (exact) mass is 381 g/mol. The Kier molecular flexibility index (Phi) is 6.53. The summed E-state index contributed by atoms with van der Waals surface area (Å²) >= 11 is 0. The summed E-state index contributed by atoms with van der Waals surface area (Å²) in [6.45, 7) is 4.06. The molecule has 2 atom stereocenters. The number of carboxylic acids is 1. The van der Waals surface area contributed by atoms with Crippen LogP contribution in [0, 0.1) is 5.92 Å². The van der Waals surface area contributed by atoms with Crippen molar-refractivity contribution >= 4 is 22.7 Å². The van der Waals surface area contributed by atoms with Crippen LogP contribution >= 0.6 is 0 Å². The Morgan fingerprint density at radius 3 is 2.79 bits per heavy atom. The van der Waals surface area contributed by atoms with Crippen molar-refractivity contribution < 1.29 is 14.6 Å². The number of aromatic nitrogens is 2. The first-order valence-electron chi connectivity index (χ1n) is 9.77. The molecule has 0 aliphatic heterocycles. The molecule has 3 rings (SSSR count). The lowest BCUT2D eigenvalue weighted by atomic mass is 9.98. The Balaban J connectivity index is 1.71. The van der Waals surface area contributed by atoms with Crippen molar-refractivity contribution in [2.45, 2.75) is 45.8 Å². The van der Waals surface area contributed by atoms with E-state index < -0.39 is 5.97 Å². The van der Waals surface area contributed by atoms with Crippen molar-refractivity contribution in [3.8, 4) is 5.75 Å². The van der Waals surface area contributed by atoms with Crippen molar-refractivity contribution in [3.05, 3.63) is 54.4 Å². The maximum Gasteiger partial charge on any atom is 0.306 e. The molecule has 2 unspecified atom stereocenters. The number of nitrogens with one attached hydrogen (secondary N) is 2. The number of aromatic amines is 1. The standard InChI is InChI=1S/C22H27N3O3/c1-3-7-15(22(26)27)12-17-13-16-14-18(9-10-19(16)24-17)28-21(4-2)25-20-8-5-6-11-23-20/h5-6,8-11,13-15,21,24H,3-4,7,12H2,1-2H3,(H,23,25)(H,26,27). The van der Waals surface area contributed by atoms with Crippen LogP contribution in [0.1, 0.15) is 38.8 Å². The summed E-state index contributed by atoms with van der Waals surface area (Å²) in [6, 6.07) is 13.6. The molecule has 0 bridgehead atoms. The molecule has 28 heavy (non-hydrogen) atoms. The van der Waals surface area contributed by atoms with Crippen molar-refractivity contribution in [1.29, 1.82) is 0 Å². The van der Waals surface area contributed by atoms with E-state index in [9.17, 15) is 9.90 Å². The summed E-state index contributed by atoms with van der Waals surface area (Å²) in [5, 5.41) is 13.7. The zero-order valence-electron chi connectivity index (χ0n) is 16.3. The number of aliphatic carboxylic acids is 1. The van der Waals surface area contributed by atoms with Gasteiger partial charge in [0, 0.05) is 35.6 Å². The quantitative estimate of drug-likeness (QED) is 0.438. The summed E-state index contributed by atoms with van der Waals surface area (Å²) in [7, 11) is 0. The van der Waals surface area contributed by atoms with Gasteiger partial charge in [-0.3, -0.25) is 4.79 Å². The molecular weight excluding hydrogens is 354 g/mol. The average Bonchev–Trinajstić information content (AvgIpc) is 3.09. The topological polar surface area (TPSA) is 87.2 Å². The van der Waals surface area contributed by atoms with E-state index in [0.29, 0.717) is 12.8 Å². The Labute approximate surface area is 165 Å². The van der Waals surface area contributed by atoms with Crippen LogP contribution in [0.15, 0.2) is 48.7 Å². The first-order chi connectivity index (χ1) is 13.6. The predicted molar refractivity (Wildman–Crippen MR) is 111 cm³/mol. The molecule has 0 fully saturated rings. The number of fused-ring (bicyclic) bond motifs is 1. The highest BCUT2D eigenvalue weighted by Gasteiger charge is 2.18. The molecule has 0 aliphatic carbocycles. The number of rotatable bonds is 10. The summed E-state index contributed by atoms with van der Waals surface area (Å²) < 4.78 is 6.08. The number of ether oxygens (including phenoxy) is 1. The van der Waals surface area contributed by atoms with E-state index in [1.54, 1.807) is 6.20 Å². The number of benzene rings is 1. The molecule has 2 aromatic heterocycles. The largest absolute Gasteiger partial charge is 0.481 e. The fraction of sp³-hybridized carbons (Fsp3) is 0.364. The van der Waals surface area contributed by atoms with Gasteiger partial charge in [-0.2, -0.15) is 0 Å². The minimum Gasteiger partial charge on any atom is -0.481 e. The maximum absolute atomic E-state index is 11.4. The second-order valence-electron chi connectivity index (χ2n) is 6.95. The number of pyridine rings is 1. The van der Waals surface area contributed by atoms with Gasteiger partial charge in [0.05, 0.1) is 5.92 Å². The van der Waals surface area contributed by atoms with E-state index in [2.05, 4.69) is 15.3 Å². The van der Waals surface area contributed by atoms with Crippen molar-refractivity contribution in [3.63, 3.8) is 0 Å². The smallest absolute Gasteiger partial charge is 0.306 e. The predicted octanol–water partition coefficient (Wildman–Crippen LogP) is 4.83. The van der Waals surface area contributed by atoms with E-state index in [0.717, 1.165) is 41.0 Å². The second kappa shape index (κ2) is 9.26. The van der Waals surface area contributed by atoms with Crippen LogP contribution in [-0.4, -0.2) is 27.3 Å². The van der Waals surface area contributed by atoms with Crippen LogP contribution in [0.3, 0.4) is 0 Å². The first kappa shape index (κ1) is 19.7. The van der Waals surface area contributed by atoms with Crippen LogP contribution in [0.5, 0.6) is 5.75 Å². The van der Waals surface area contributed by atoms with Crippen LogP contribution in [0.25, 0.3) is 10.9 Å². The lowest BCUT2D eigenvalue weighted by molar-refractivity contribution is -0.141. The van der Waals surface area contributed by atoms with E-state index >= 15 is 0 Å². The van der Waals surface area contributed by atoms with Gasteiger partial charge < -0.3 is 20.1 Å². The normalized spacial score (nSPS) is 13.2. The Morgan fingerprint density at radius 2 is 2.11 bits per heavy atom. The maximum atomic E-state index is 11.4. The number of hydrogen-bond donors (Lipinski definition) is 3. The molecule has 0 radical (unpaired) electrons.